The fraction of sp³-hybridized carbons (Fsp3) is 0.143. The van der Waals surface area contributed by atoms with Crippen molar-refractivity contribution >= 4 is 11.6 Å². The number of aryl methyl sites for hydroxylation is 2. The van der Waals surface area contributed by atoms with Crippen LogP contribution in [0.25, 0.3) is 0 Å². The predicted octanol–water partition coefficient (Wildman–Crippen LogP) is 4.81. The van der Waals surface area contributed by atoms with Gasteiger partial charge in [-0.2, -0.15) is 0 Å². The van der Waals surface area contributed by atoms with Gasteiger partial charge in [0.2, 0.25) is 5.88 Å². The fourth-order valence-electron chi connectivity index (χ4n) is 2.54. The average Bonchev–Trinajstić information content (AvgIpc) is 2.62. The number of nitrogens with one attached hydrogen (secondary N) is 1. The summed E-state index contributed by atoms with van der Waals surface area (Å²) in [5.74, 6) is -0.978. The lowest BCUT2D eigenvalue weighted by Gasteiger charge is -2.11. The van der Waals surface area contributed by atoms with Crippen LogP contribution in [0.3, 0.4) is 0 Å². The van der Waals surface area contributed by atoms with Gasteiger partial charge in [-0.1, -0.05) is 18.2 Å². The maximum atomic E-state index is 13.9. The van der Waals surface area contributed by atoms with Gasteiger partial charge in [-0.15, -0.1) is 0 Å². The van der Waals surface area contributed by atoms with Crippen molar-refractivity contribution in [3.05, 3.63) is 88.6 Å². The number of ether oxygens (including phenoxy) is 1. The molecule has 0 saturated heterocycles. The highest BCUT2D eigenvalue weighted by molar-refractivity contribution is 6.05. The summed E-state index contributed by atoms with van der Waals surface area (Å²) < 4.78 is 32.6. The summed E-state index contributed by atoms with van der Waals surface area (Å²) in [6, 6.07) is 12.3. The lowest BCUT2D eigenvalue weighted by atomic mass is 10.1. The van der Waals surface area contributed by atoms with Crippen LogP contribution in [0.15, 0.2) is 54.7 Å². The Morgan fingerprint density at radius 3 is 2.63 bits per heavy atom. The van der Waals surface area contributed by atoms with Crippen molar-refractivity contribution in [3.8, 4) is 5.88 Å². The summed E-state index contributed by atoms with van der Waals surface area (Å²) in [5.41, 5.74) is 2.49. The van der Waals surface area contributed by atoms with Crippen molar-refractivity contribution in [3.63, 3.8) is 0 Å². The Morgan fingerprint density at radius 1 is 1.11 bits per heavy atom. The van der Waals surface area contributed by atoms with Gasteiger partial charge in [0.1, 0.15) is 18.2 Å². The van der Waals surface area contributed by atoms with Crippen LogP contribution in [-0.2, 0) is 6.61 Å². The summed E-state index contributed by atoms with van der Waals surface area (Å²) in [7, 11) is 0. The maximum Gasteiger partial charge on any atom is 0.257 e. The summed E-state index contributed by atoms with van der Waals surface area (Å²) in [6.07, 6.45) is 1.37. The molecule has 6 heteroatoms. The number of aromatic nitrogens is 1. The van der Waals surface area contributed by atoms with Gasteiger partial charge in [0, 0.05) is 12.3 Å². The molecule has 0 aliphatic rings. The first-order valence-corrected chi connectivity index (χ1v) is 8.34. The number of carbonyl (C=O) groups excluding carboxylic acids is 1. The molecule has 1 aromatic heterocycles. The van der Waals surface area contributed by atoms with E-state index >= 15 is 0 Å². The van der Waals surface area contributed by atoms with Gasteiger partial charge in [-0.05, 0) is 54.8 Å². The van der Waals surface area contributed by atoms with Crippen LogP contribution >= 0.6 is 0 Å². The molecule has 0 bridgehead atoms. The van der Waals surface area contributed by atoms with Crippen molar-refractivity contribution in [2.75, 3.05) is 5.32 Å². The van der Waals surface area contributed by atoms with Gasteiger partial charge in [0.05, 0.1) is 11.3 Å². The van der Waals surface area contributed by atoms with E-state index in [1.54, 1.807) is 38.1 Å². The van der Waals surface area contributed by atoms with Gasteiger partial charge < -0.3 is 10.1 Å². The SMILES string of the molecule is Cc1ccc(NC(=O)c2cnc(OCc3cccc(F)c3)cc2C)c(F)c1. The lowest BCUT2D eigenvalue weighted by molar-refractivity contribution is 0.102. The molecule has 0 fully saturated rings. The third-order valence-corrected chi connectivity index (χ3v) is 3.98. The van der Waals surface area contributed by atoms with Gasteiger partial charge in [0.25, 0.3) is 5.91 Å². The molecular weight excluding hydrogens is 350 g/mol. The molecule has 3 aromatic rings. The summed E-state index contributed by atoms with van der Waals surface area (Å²) in [4.78, 5) is 16.5. The molecule has 1 heterocycles. The molecule has 0 radical (unpaired) electrons. The molecule has 0 saturated carbocycles. The van der Waals surface area contributed by atoms with E-state index in [-0.39, 0.29) is 18.1 Å². The largest absolute Gasteiger partial charge is 0.473 e. The topological polar surface area (TPSA) is 51.2 Å². The van der Waals surface area contributed by atoms with E-state index in [9.17, 15) is 13.6 Å². The van der Waals surface area contributed by atoms with Gasteiger partial charge in [0.15, 0.2) is 0 Å². The first-order valence-electron chi connectivity index (χ1n) is 8.34. The monoisotopic (exact) mass is 368 g/mol. The van der Waals surface area contributed by atoms with Crippen molar-refractivity contribution in [1.29, 1.82) is 0 Å². The molecule has 0 atom stereocenters. The molecule has 138 valence electrons. The molecule has 0 aliphatic carbocycles. The Balaban J connectivity index is 1.69. The number of carbonyl (C=O) groups is 1. The first-order chi connectivity index (χ1) is 12.9. The van der Waals surface area contributed by atoms with Crippen molar-refractivity contribution < 1.29 is 18.3 Å². The summed E-state index contributed by atoms with van der Waals surface area (Å²) in [5, 5.41) is 2.54. The Hall–Kier alpha value is -3.28. The van der Waals surface area contributed by atoms with Crippen LogP contribution in [0.1, 0.15) is 27.0 Å². The highest BCUT2D eigenvalue weighted by Gasteiger charge is 2.13. The number of anilines is 1. The lowest BCUT2D eigenvalue weighted by Crippen LogP contribution is -2.15. The summed E-state index contributed by atoms with van der Waals surface area (Å²) in [6.45, 7) is 3.66. The molecule has 2 aromatic carbocycles. The van der Waals surface area contributed by atoms with Crippen molar-refractivity contribution in [2.45, 2.75) is 20.5 Å². The second kappa shape index (κ2) is 7.95. The molecule has 0 unspecified atom stereocenters. The predicted molar refractivity (Wildman–Crippen MR) is 98.8 cm³/mol. The molecule has 0 spiro atoms. The fourth-order valence-corrected chi connectivity index (χ4v) is 2.54. The minimum Gasteiger partial charge on any atom is -0.473 e. The highest BCUT2D eigenvalue weighted by atomic mass is 19.1. The molecule has 3 rings (SSSR count). The van der Waals surface area contributed by atoms with Crippen LogP contribution in [0.4, 0.5) is 14.5 Å². The third-order valence-electron chi connectivity index (χ3n) is 3.98. The average molecular weight is 368 g/mol. The molecular formula is C21H18F2N2O2. The number of hydrogen-bond donors (Lipinski definition) is 1. The van der Waals surface area contributed by atoms with Crippen LogP contribution in [0.5, 0.6) is 5.88 Å². The number of pyridine rings is 1. The van der Waals surface area contributed by atoms with E-state index in [4.69, 9.17) is 4.74 Å². The Morgan fingerprint density at radius 2 is 1.93 bits per heavy atom. The number of hydrogen-bond acceptors (Lipinski definition) is 3. The minimum atomic E-state index is -0.496. The number of benzene rings is 2. The summed E-state index contributed by atoms with van der Waals surface area (Å²) >= 11 is 0. The maximum absolute atomic E-state index is 13.9. The number of nitrogens with zero attached hydrogens (tertiary/aromatic N) is 1. The van der Waals surface area contributed by atoms with Crippen LogP contribution in [0, 0.1) is 25.5 Å². The molecule has 0 aliphatic heterocycles. The zero-order valence-corrected chi connectivity index (χ0v) is 14.9. The van der Waals surface area contributed by atoms with E-state index in [2.05, 4.69) is 10.3 Å². The standard InChI is InChI=1S/C21H18F2N2O2/c1-13-6-7-19(18(23)8-13)25-21(26)17-11-24-20(9-14(17)2)27-12-15-4-3-5-16(22)10-15/h3-11H,12H2,1-2H3,(H,25,26). The first kappa shape index (κ1) is 18.5. The number of rotatable bonds is 5. The van der Waals surface area contributed by atoms with E-state index in [0.29, 0.717) is 22.6 Å². The van der Waals surface area contributed by atoms with Gasteiger partial charge in [-0.25, -0.2) is 13.8 Å². The number of halogens is 2. The smallest absolute Gasteiger partial charge is 0.257 e. The van der Waals surface area contributed by atoms with Crippen LogP contribution in [-0.4, -0.2) is 10.9 Å². The quantitative estimate of drug-likeness (QED) is 0.703. The Bertz CT molecular complexity index is 990. The molecule has 4 nitrogen and oxygen atoms in total. The van der Waals surface area contributed by atoms with Crippen LogP contribution in [0.2, 0.25) is 0 Å². The van der Waals surface area contributed by atoms with E-state index in [1.165, 1.54) is 30.5 Å². The Labute approximate surface area is 155 Å². The normalized spacial score (nSPS) is 10.5. The zero-order valence-electron chi connectivity index (χ0n) is 14.9. The zero-order chi connectivity index (χ0) is 19.4. The van der Waals surface area contributed by atoms with Crippen LogP contribution < -0.4 is 10.1 Å². The van der Waals surface area contributed by atoms with E-state index in [0.717, 1.165) is 5.56 Å². The minimum absolute atomic E-state index is 0.108. The van der Waals surface area contributed by atoms with Crippen molar-refractivity contribution in [1.82, 2.24) is 4.98 Å². The molecule has 1 amide bonds. The van der Waals surface area contributed by atoms with E-state index < -0.39 is 11.7 Å². The molecule has 27 heavy (non-hydrogen) atoms. The second-order valence-corrected chi connectivity index (χ2v) is 6.19. The van der Waals surface area contributed by atoms with Gasteiger partial charge >= 0.3 is 0 Å². The van der Waals surface area contributed by atoms with E-state index in [1.807, 2.05) is 0 Å². The van der Waals surface area contributed by atoms with Crippen molar-refractivity contribution in [2.24, 2.45) is 0 Å². The highest BCUT2D eigenvalue weighted by Crippen LogP contribution is 2.19. The van der Waals surface area contributed by atoms with Gasteiger partial charge in [-0.3, -0.25) is 4.79 Å². The molecule has 1 N–H and O–H groups in total. The number of amides is 1. The second-order valence-electron chi connectivity index (χ2n) is 6.19. The third kappa shape index (κ3) is 4.67. The Kier molecular flexibility index (Phi) is 5.45.